The van der Waals surface area contributed by atoms with Gasteiger partial charge in [-0.1, -0.05) is 26.0 Å². The van der Waals surface area contributed by atoms with Crippen molar-refractivity contribution in [3.8, 4) is 5.69 Å². The fraction of sp³-hybridized carbons (Fsp3) is 0.357. The number of H-pyrrole nitrogens is 1. The Hall–Kier alpha value is -1.97. The van der Waals surface area contributed by atoms with E-state index in [4.69, 9.17) is 5.73 Å². The van der Waals surface area contributed by atoms with Gasteiger partial charge in [0, 0.05) is 0 Å². The maximum absolute atomic E-state index is 12.1. The first-order valence-electron chi connectivity index (χ1n) is 6.15. The first-order valence-corrected chi connectivity index (χ1v) is 6.15. The summed E-state index contributed by atoms with van der Waals surface area (Å²) in [4.78, 5) is 12.1. The van der Waals surface area contributed by atoms with Crippen molar-refractivity contribution in [1.29, 1.82) is 0 Å². The normalized spacial score (nSPS) is 11.1. The standard InChI is InChI=1S/C14H19N3O/c1-9(2)7-12-13(15)14(18)17(16-12)11-6-4-5-10(3)8-11/h4-6,8-9,16H,7,15H2,1-3H3. The van der Waals surface area contributed by atoms with Crippen molar-refractivity contribution < 1.29 is 0 Å². The summed E-state index contributed by atoms with van der Waals surface area (Å²) in [6.07, 6.45) is 0.778. The number of nitrogens with zero attached hydrogens (tertiary/aromatic N) is 1. The van der Waals surface area contributed by atoms with Crippen LogP contribution >= 0.6 is 0 Å². The maximum atomic E-state index is 12.1. The predicted molar refractivity (Wildman–Crippen MR) is 74.1 cm³/mol. The Morgan fingerprint density at radius 2 is 2.11 bits per heavy atom. The molecule has 2 aromatic rings. The van der Waals surface area contributed by atoms with Crippen molar-refractivity contribution in [2.45, 2.75) is 27.2 Å². The largest absolute Gasteiger partial charge is 0.393 e. The zero-order chi connectivity index (χ0) is 13.3. The van der Waals surface area contributed by atoms with Crippen LogP contribution in [0.25, 0.3) is 5.69 Å². The van der Waals surface area contributed by atoms with Gasteiger partial charge in [0.1, 0.15) is 5.69 Å². The lowest BCUT2D eigenvalue weighted by molar-refractivity contribution is 0.628. The Kier molecular flexibility index (Phi) is 3.28. The third-order valence-electron chi connectivity index (χ3n) is 2.88. The van der Waals surface area contributed by atoms with E-state index in [1.54, 1.807) is 0 Å². The van der Waals surface area contributed by atoms with E-state index in [0.29, 0.717) is 11.6 Å². The van der Waals surface area contributed by atoms with Crippen molar-refractivity contribution in [2.75, 3.05) is 5.73 Å². The average molecular weight is 245 g/mol. The van der Waals surface area contributed by atoms with E-state index in [1.165, 1.54) is 4.68 Å². The molecule has 0 saturated carbocycles. The van der Waals surface area contributed by atoms with Crippen molar-refractivity contribution in [2.24, 2.45) is 5.92 Å². The number of benzene rings is 1. The molecule has 0 fully saturated rings. The molecule has 0 unspecified atom stereocenters. The SMILES string of the molecule is Cc1cccc(-n2[nH]c(CC(C)C)c(N)c2=O)c1. The molecule has 0 saturated heterocycles. The Morgan fingerprint density at radius 1 is 1.39 bits per heavy atom. The van der Waals surface area contributed by atoms with Crippen LogP contribution in [0.4, 0.5) is 5.69 Å². The smallest absolute Gasteiger partial charge is 0.294 e. The second kappa shape index (κ2) is 4.72. The zero-order valence-electron chi connectivity index (χ0n) is 11.0. The van der Waals surface area contributed by atoms with E-state index in [1.807, 2.05) is 31.2 Å². The first kappa shape index (κ1) is 12.5. The summed E-state index contributed by atoms with van der Waals surface area (Å²) in [6.45, 7) is 6.19. The molecule has 0 amide bonds. The number of rotatable bonds is 3. The first-order chi connectivity index (χ1) is 8.49. The van der Waals surface area contributed by atoms with Gasteiger partial charge in [-0.25, -0.2) is 4.68 Å². The minimum atomic E-state index is -0.170. The second-order valence-corrected chi connectivity index (χ2v) is 5.08. The number of nitrogen functional groups attached to an aromatic ring is 1. The van der Waals surface area contributed by atoms with Gasteiger partial charge >= 0.3 is 0 Å². The van der Waals surface area contributed by atoms with Crippen molar-refractivity contribution in [1.82, 2.24) is 9.78 Å². The van der Waals surface area contributed by atoms with Gasteiger partial charge in [-0.2, -0.15) is 0 Å². The van der Waals surface area contributed by atoms with E-state index < -0.39 is 0 Å². The van der Waals surface area contributed by atoms with Gasteiger partial charge in [-0.05, 0) is 37.0 Å². The Labute approximate surface area is 106 Å². The molecule has 1 aromatic carbocycles. The summed E-state index contributed by atoms with van der Waals surface area (Å²) in [5.74, 6) is 0.455. The Bertz CT molecular complexity index is 608. The van der Waals surface area contributed by atoms with Gasteiger partial charge in [0.15, 0.2) is 0 Å². The van der Waals surface area contributed by atoms with Crippen LogP contribution in [0.5, 0.6) is 0 Å². The monoisotopic (exact) mass is 245 g/mol. The highest BCUT2D eigenvalue weighted by atomic mass is 16.1. The molecule has 18 heavy (non-hydrogen) atoms. The molecule has 0 spiro atoms. The third-order valence-corrected chi connectivity index (χ3v) is 2.88. The summed E-state index contributed by atoms with van der Waals surface area (Å²) >= 11 is 0. The molecule has 0 aliphatic heterocycles. The van der Waals surface area contributed by atoms with Crippen molar-refractivity contribution in [3.05, 3.63) is 45.9 Å². The molecule has 2 rings (SSSR count). The lowest BCUT2D eigenvalue weighted by atomic mass is 10.1. The lowest BCUT2D eigenvalue weighted by Gasteiger charge is -2.04. The summed E-state index contributed by atoms with van der Waals surface area (Å²) in [5, 5.41) is 3.10. The molecule has 0 atom stereocenters. The maximum Gasteiger partial charge on any atom is 0.294 e. The number of aryl methyl sites for hydroxylation is 1. The van der Waals surface area contributed by atoms with E-state index in [2.05, 4.69) is 18.9 Å². The highest BCUT2D eigenvalue weighted by Gasteiger charge is 2.13. The number of hydrogen-bond acceptors (Lipinski definition) is 2. The van der Waals surface area contributed by atoms with Gasteiger partial charge < -0.3 is 5.73 Å². The fourth-order valence-electron chi connectivity index (χ4n) is 2.01. The summed E-state index contributed by atoms with van der Waals surface area (Å²) in [5.41, 5.74) is 8.76. The van der Waals surface area contributed by atoms with E-state index >= 15 is 0 Å². The lowest BCUT2D eigenvalue weighted by Crippen LogP contribution is -2.16. The van der Waals surface area contributed by atoms with Crippen LogP contribution in [0.3, 0.4) is 0 Å². The van der Waals surface area contributed by atoms with Gasteiger partial charge in [0.25, 0.3) is 5.56 Å². The highest BCUT2D eigenvalue weighted by Crippen LogP contribution is 2.13. The molecule has 0 aliphatic rings. The van der Waals surface area contributed by atoms with Crippen LogP contribution < -0.4 is 11.3 Å². The third kappa shape index (κ3) is 2.32. The quantitative estimate of drug-likeness (QED) is 0.871. The number of anilines is 1. The van der Waals surface area contributed by atoms with Gasteiger partial charge in [-0.15, -0.1) is 0 Å². The summed E-state index contributed by atoms with van der Waals surface area (Å²) < 4.78 is 1.51. The molecule has 4 nitrogen and oxygen atoms in total. The van der Waals surface area contributed by atoms with Crippen LogP contribution in [0, 0.1) is 12.8 Å². The minimum absolute atomic E-state index is 0.170. The highest BCUT2D eigenvalue weighted by molar-refractivity contribution is 5.45. The number of aromatic amines is 1. The number of nitrogens with one attached hydrogen (secondary N) is 1. The van der Waals surface area contributed by atoms with Crippen LogP contribution in [0.15, 0.2) is 29.1 Å². The second-order valence-electron chi connectivity index (χ2n) is 5.08. The Morgan fingerprint density at radius 3 is 2.72 bits per heavy atom. The number of nitrogens with two attached hydrogens (primary N) is 1. The predicted octanol–water partition coefficient (Wildman–Crippen LogP) is 2.25. The average Bonchev–Trinajstić information content (AvgIpc) is 2.57. The molecule has 0 bridgehead atoms. The van der Waals surface area contributed by atoms with E-state index in [0.717, 1.165) is 23.4 Å². The Balaban J connectivity index is 2.49. The minimum Gasteiger partial charge on any atom is -0.393 e. The van der Waals surface area contributed by atoms with Gasteiger partial charge in [0.2, 0.25) is 0 Å². The molecule has 1 heterocycles. The molecule has 0 aliphatic carbocycles. The number of aromatic nitrogens is 2. The van der Waals surface area contributed by atoms with Crippen LogP contribution in [0.2, 0.25) is 0 Å². The molecule has 0 radical (unpaired) electrons. The molecule has 4 heteroatoms. The van der Waals surface area contributed by atoms with Crippen LogP contribution in [-0.2, 0) is 6.42 Å². The molecular weight excluding hydrogens is 226 g/mol. The molecule has 1 aromatic heterocycles. The van der Waals surface area contributed by atoms with Crippen molar-refractivity contribution in [3.63, 3.8) is 0 Å². The molecular formula is C14H19N3O. The van der Waals surface area contributed by atoms with Crippen LogP contribution in [0.1, 0.15) is 25.1 Å². The van der Waals surface area contributed by atoms with Crippen molar-refractivity contribution >= 4 is 5.69 Å². The van der Waals surface area contributed by atoms with Gasteiger partial charge in [-0.3, -0.25) is 9.89 Å². The van der Waals surface area contributed by atoms with E-state index in [9.17, 15) is 4.79 Å². The van der Waals surface area contributed by atoms with E-state index in [-0.39, 0.29) is 5.56 Å². The topological polar surface area (TPSA) is 63.8 Å². The fourth-order valence-corrected chi connectivity index (χ4v) is 2.01. The summed E-state index contributed by atoms with van der Waals surface area (Å²) in [7, 11) is 0. The zero-order valence-corrected chi connectivity index (χ0v) is 11.0. The summed E-state index contributed by atoms with van der Waals surface area (Å²) in [6, 6.07) is 7.77. The molecule has 3 N–H and O–H groups in total. The number of hydrogen-bond donors (Lipinski definition) is 2. The van der Waals surface area contributed by atoms with Crippen LogP contribution in [-0.4, -0.2) is 9.78 Å². The van der Waals surface area contributed by atoms with Gasteiger partial charge in [0.05, 0.1) is 11.4 Å². The molecule has 96 valence electrons.